The van der Waals surface area contributed by atoms with E-state index >= 15 is 0 Å². The van der Waals surface area contributed by atoms with Crippen LogP contribution in [0, 0.1) is 19.7 Å². The number of nitrogens with one attached hydrogen (secondary N) is 1. The molecule has 1 amide bonds. The van der Waals surface area contributed by atoms with Crippen LogP contribution in [0.25, 0.3) is 0 Å². The Morgan fingerprint density at radius 1 is 1.10 bits per heavy atom. The first-order valence-electron chi connectivity index (χ1n) is 8.81. The summed E-state index contributed by atoms with van der Waals surface area (Å²) in [4.78, 5) is 24.3. The lowest BCUT2D eigenvalue weighted by atomic mass is 10.1. The lowest BCUT2D eigenvalue weighted by Gasteiger charge is -2.19. The standard InChI is InChI=1S/C20H23FN2O5S/c1-13-6-5-7-14(2)19(13)22-20(25)15(3)28-18(24)12-23(4)29(26,27)17-10-8-16(21)9-11-17/h5-11,15H,12H2,1-4H3,(H,22,25)/t15-/m0/s1. The molecule has 0 aliphatic heterocycles. The first kappa shape index (κ1) is 22.5. The first-order chi connectivity index (χ1) is 13.5. The molecule has 0 bridgehead atoms. The Bertz CT molecular complexity index is 986. The average molecular weight is 422 g/mol. The fourth-order valence-corrected chi connectivity index (χ4v) is 3.69. The largest absolute Gasteiger partial charge is 0.452 e. The quantitative estimate of drug-likeness (QED) is 0.693. The van der Waals surface area contributed by atoms with Gasteiger partial charge in [-0.15, -0.1) is 0 Å². The Kier molecular flexibility index (Phi) is 7.10. The molecule has 2 aromatic carbocycles. The van der Waals surface area contributed by atoms with E-state index in [-0.39, 0.29) is 4.90 Å². The van der Waals surface area contributed by atoms with Crippen molar-refractivity contribution in [1.29, 1.82) is 0 Å². The highest BCUT2D eigenvalue weighted by atomic mass is 32.2. The van der Waals surface area contributed by atoms with Gasteiger partial charge in [-0.25, -0.2) is 12.8 Å². The number of sulfonamides is 1. The molecule has 29 heavy (non-hydrogen) atoms. The molecule has 0 aromatic heterocycles. The monoisotopic (exact) mass is 422 g/mol. The number of esters is 1. The fraction of sp³-hybridized carbons (Fsp3) is 0.300. The number of amides is 1. The van der Waals surface area contributed by atoms with E-state index in [1.165, 1.54) is 14.0 Å². The summed E-state index contributed by atoms with van der Waals surface area (Å²) in [5.41, 5.74) is 2.36. The van der Waals surface area contributed by atoms with Crippen molar-refractivity contribution in [2.24, 2.45) is 0 Å². The van der Waals surface area contributed by atoms with Crippen molar-refractivity contribution in [2.45, 2.75) is 31.8 Å². The molecular formula is C20H23FN2O5S. The van der Waals surface area contributed by atoms with E-state index < -0.39 is 40.4 Å². The van der Waals surface area contributed by atoms with Crippen molar-refractivity contribution >= 4 is 27.6 Å². The van der Waals surface area contributed by atoms with E-state index in [9.17, 15) is 22.4 Å². The summed E-state index contributed by atoms with van der Waals surface area (Å²) in [6.07, 6.45) is -1.12. The number of ether oxygens (including phenoxy) is 1. The minimum Gasteiger partial charge on any atom is -0.452 e. The number of rotatable bonds is 7. The van der Waals surface area contributed by atoms with E-state index in [1.54, 1.807) is 0 Å². The summed E-state index contributed by atoms with van der Waals surface area (Å²) in [5.74, 6) is -1.99. The summed E-state index contributed by atoms with van der Waals surface area (Å²) < 4.78 is 43.7. The molecule has 0 saturated heterocycles. The molecule has 7 nitrogen and oxygen atoms in total. The number of benzene rings is 2. The molecule has 1 N–H and O–H groups in total. The molecule has 9 heteroatoms. The highest BCUT2D eigenvalue weighted by Gasteiger charge is 2.26. The highest BCUT2D eigenvalue weighted by molar-refractivity contribution is 7.89. The molecule has 2 rings (SSSR count). The maximum atomic E-state index is 13.0. The molecule has 1 atom stereocenters. The summed E-state index contributed by atoms with van der Waals surface area (Å²) in [5, 5.41) is 2.71. The zero-order valence-corrected chi connectivity index (χ0v) is 17.4. The van der Waals surface area contributed by atoms with E-state index in [2.05, 4.69) is 5.32 Å². The SMILES string of the molecule is Cc1cccc(C)c1NC(=O)[C@H](C)OC(=O)CN(C)S(=O)(=O)c1ccc(F)cc1. The van der Waals surface area contributed by atoms with Gasteiger partial charge in [0.1, 0.15) is 12.4 Å². The van der Waals surface area contributed by atoms with Gasteiger partial charge in [0.25, 0.3) is 5.91 Å². The number of aryl methyl sites for hydroxylation is 2. The van der Waals surface area contributed by atoms with Gasteiger partial charge >= 0.3 is 5.97 Å². The number of halogens is 1. The van der Waals surface area contributed by atoms with E-state index in [1.807, 2.05) is 32.0 Å². The predicted octanol–water partition coefficient (Wildman–Crippen LogP) is 2.63. The van der Waals surface area contributed by atoms with Gasteiger partial charge in [-0.2, -0.15) is 4.31 Å². The Morgan fingerprint density at radius 2 is 1.66 bits per heavy atom. The Balaban J connectivity index is 1.98. The summed E-state index contributed by atoms with van der Waals surface area (Å²) in [6, 6.07) is 9.78. The predicted molar refractivity (Wildman–Crippen MR) is 106 cm³/mol. The van der Waals surface area contributed by atoms with Crippen LogP contribution in [0.5, 0.6) is 0 Å². The van der Waals surface area contributed by atoms with Gasteiger partial charge in [-0.1, -0.05) is 18.2 Å². The molecule has 0 radical (unpaired) electrons. The number of para-hydroxylation sites is 1. The summed E-state index contributed by atoms with van der Waals surface area (Å²) in [7, 11) is -2.81. The smallest absolute Gasteiger partial charge is 0.322 e. The van der Waals surface area contributed by atoms with Crippen molar-refractivity contribution in [3.8, 4) is 0 Å². The van der Waals surface area contributed by atoms with Crippen LogP contribution in [0.1, 0.15) is 18.1 Å². The maximum Gasteiger partial charge on any atom is 0.322 e. The topological polar surface area (TPSA) is 92.8 Å². The minimum absolute atomic E-state index is 0.157. The molecule has 0 aliphatic carbocycles. The van der Waals surface area contributed by atoms with E-state index in [0.717, 1.165) is 39.7 Å². The Morgan fingerprint density at radius 3 is 2.21 bits per heavy atom. The second-order valence-corrected chi connectivity index (χ2v) is 8.65. The zero-order valence-electron chi connectivity index (χ0n) is 16.6. The third-order valence-electron chi connectivity index (χ3n) is 4.28. The highest BCUT2D eigenvalue weighted by Crippen LogP contribution is 2.20. The number of hydrogen-bond acceptors (Lipinski definition) is 5. The van der Waals surface area contributed by atoms with Gasteiger partial charge in [0.05, 0.1) is 4.90 Å². The van der Waals surface area contributed by atoms with Crippen LogP contribution in [0.15, 0.2) is 47.4 Å². The summed E-state index contributed by atoms with van der Waals surface area (Å²) >= 11 is 0. The average Bonchev–Trinajstić information content (AvgIpc) is 2.64. The van der Waals surface area contributed by atoms with Gasteiger partial charge in [0.15, 0.2) is 6.10 Å². The van der Waals surface area contributed by atoms with Crippen LogP contribution < -0.4 is 5.32 Å². The van der Waals surface area contributed by atoms with Crippen molar-refractivity contribution in [2.75, 3.05) is 18.9 Å². The van der Waals surface area contributed by atoms with Crippen LogP contribution >= 0.6 is 0 Å². The van der Waals surface area contributed by atoms with E-state index in [0.29, 0.717) is 5.69 Å². The van der Waals surface area contributed by atoms with Gasteiger partial charge < -0.3 is 10.1 Å². The Labute approximate surface area is 169 Å². The second kappa shape index (κ2) is 9.15. The molecule has 0 fully saturated rings. The van der Waals surface area contributed by atoms with Gasteiger partial charge in [-0.05, 0) is 56.2 Å². The van der Waals surface area contributed by atoms with Crippen LogP contribution in [-0.4, -0.2) is 44.3 Å². The first-order valence-corrected chi connectivity index (χ1v) is 10.2. The molecule has 0 spiro atoms. The third-order valence-corrected chi connectivity index (χ3v) is 6.10. The van der Waals surface area contributed by atoms with Crippen molar-refractivity contribution in [3.05, 3.63) is 59.4 Å². The molecule has 156 valence electrons. The number of carbonyl (C=O) groups is 2. The molecule has 2 aromatic rings. The van der Waals surface area contributed by atoms with Gasteiger partial charge in [0.2, 0.25) is 10.0 Å². The number of nitrogens with zero attached hydrogens (tertiary/aromatic N) is 1. The van der Waals surface area contributed by atoms with Crippen molar-refractivity contribution in [1.82, 2.24) is 4.31 Å². The fourth-order valence-electron chi connectivity index (χ4n) is 2.58. The van der Waals surface area contributed by atoms with Crippen LogP contribution in [0.3, 0.4) is 0 Å². The van der Waals surface area contributed by atoms with E-state index in [4.69, 9.17) is 4.74 Å². The van der Waals surface area contributed by atoms with Crippen molar-refractivity contribution in [3.63, 3.8) is 0 Å². The molecular weight excluding hydrogens is 399 g/mol. The van der Waals surface area contributed by atoms with Crippen LogP contribution in [-0.2, 0) is 24.3 Å². The lowest BCUT2D eigenvalue weighted by molar-refractivity contribution is -0.153. The third kappa shape index (κ3) is 5.61. The molecule has 0 saturated carbocycles. The summed E-state index contributed by atoms with van der Waals surface area (Å²) in [6.45, 7) is 4.49. The van der Waals surface area contributed by atoms with Gasteiger partial charge in [0, 0.05) is 12.7 Å². The molecule has 0 heterocycles. The van der Waals surface area contributed by atoms with Crippen LogP contribution in [0.2, 0.25) is 0 Å². The molecule has 0 aliphatic rings. The van der Waals surface area contributed by atoms with Crippen LogP contribution in [0.4, 0.5) is 10.1 Å². The zero-order chi connectivity index (χ0) is 21.8. The maximum absolute atomic E-state index is 13.0. The number of carbonyl (C=O) groups excluding carboxylic acids is 2. The van der Waals surface area contributed by atoms with Crippen molar-refractivity contribution < 1.29 is 27.1 Å². The molecule has 0 unspecified atom stereocenters. The second-order valence-electron chi connectivity index (χ2n) is 6.60. The lowest BCUT2D eigenvalue weighted by Crippen LogP contribution is -2.37. The number of hydrogen-bond donors (Lipinski definition) is 1. The number of anilines is 1. The minimum atomic E-state index is -4.00. The van der Waals surface area contributed by atoms with Gasteiger partial charge in [-0.3, -0.25) is 9.59 Å². The normalized spacial score (nSPS) is 12.5. The Hall–Kier alpha value is -2.78. The number of likely N-dealkylation sites (N-methyl/N-ethyl adjacent to an activating group) is 1.